The van der Waals surface area contributed by atoms with E-state index < -0.39 is 0 Å². The number of carbonyl (C=O) groups excluding carboxylic acids is 2. The zero-order valence-corrected chi connectivity index (χ0v) is 19.4. The lowest BCUT2D eigenvalue weighted by Crippen LogP contribution is -2.20. The maximum Gasteiger partial charge on any atom is 0.264 e. The molecule has 0 saturated carbocycles. The summed E-state index contributed by atoms with van der Waals surface area (Å²) in [4.78, 5) is 29.8. The highest BCUT2D eigenvalue weighted by Crippen LogP contribution is 2.31. The third-order valence-electron chi connectivity index (χ3n) is 4.35. The standard InChI is InChI=1S/C24H21N3O4S2/c1-16(28)25-13-20-11-12-22(33-20)21-15-32-24(26-21)27-23(29)14-30-17-7-9-19(10-8-17)31-18-5-3-2-4-6-18/h2-12,15H,13-14H2,1H3,(H,25,28)(H,26,27,29). The average Bonchev–Trinajstić information content (AvgIpc) is 3.47. The first-order valence-corrected chi connectivity index (χ1v) is 11.8. The second-order valence-corrected chi connectivity index (χ2v) is 8.96. The maximum atomic E-state index is 12.3. The van der Waals surface area contributed by atoms with Crippen LogP contribution in [0.25, 0.3) is 10.6 Å². The second kappa shape index (κ2) is 10.8. The fourth-order valence-corrected chi connectivity index (χ4v) is 4.51. The van der Waals surface area contributed by atoms with Gasteiger partial charge in [-0.3, -0.25) is 14.9 Å². The number of para-hydroxylation sites is 1. The van der Waals surface area contributed by atoms with E-state index in [1.54, 1.807) is 35.6 Å². The Bertz CT molecular complexity index is 1220. The number of ether oxygens (including phenoxy) is 2. The lowest BCUT2D eigenvalue weighted by molar-refractivity contribution is -0.119. The summed E-state index contributed by atoms with van der Waals surface area (Å²) in [6, 6.07) is 20.5. The number of nitrogens with zero attached hydrogens (tertiary/aromatic N) is 1. The van der Waals surface area contributed by atoms with Gasteiger partial charge in [0.05, 0.1) is 17.1 Å². The highest BCUT2D eigenvalue weighted by atomic mass is 32.1. The van der Waals surface area contributed by atoms with Crippen molar-refractivity contribution in [2.24, 2.45) is 0 Å². The summed E-state index contributed by atoms with van der Waals surface area (Å²) < 4.78 is 11.3. The molecule has 4 rings (SSSR count). The van der Waals surface area contributed by atoms with Gasteiger partial charge in [0.25, 0.3) is 5.91 Å². The van der Waals surface area contributed by atoms with Crippen molar-refractivity contribution in [2.45, 2.75) is 13.5 Å². The van der Waals surface area contributed by atoms with E-state index in [4.69, 9.17) is 9.47 Å². The average molecular weight is 480 g/mol. The van der Waals surface area contributed by atoms with Crippen molar-refractivity contribution in [1.82, 2.24) is 10.3 Å². The predicted octanol–water partition coefficient (Wildman–Crippen LogP) is 5.32. The van der Waals surface area contributed by atoms with E-state index in [1.165, 1.54) is 18.3 Å². The van der Waals surface area contributed by atoms with Crippen molar-refractivity contribution in [1.29, 1.82) is 0 Å². The predicted molar refractivity (Wildman–Crippen MR) is 130 cm³/mol. The van der Waals surface area contributed by atoms with Gasteiger partial charge in [-0.05, 0) is 48.5 Å². The van der Waals surface area contributed by atoms with Crippen LogP contribution in [0.15, 0.2) is 72.1 Å². The van der Waals surface area contributed by atoms with Crippen LogP contribution >= 0.6 is 22.7 Å². The van der Waals surface area contributed by atoms with Crippen molar-refractivity contribution in [3.05, 3.63) is 77.0 Å². The number of aromatic nitrogens is 1. The van der Waals surface area contributed by atoms with E-state index in [9.17, 15) is 9.59 Å². The Morgan fingerprint density at radius 3 is 2.42 bits per heavy atom. The number of benzene rings is 2. The molecule has 33 heavy (non-hydrogen) atoms. The topological polar surface area (TPSA) is 89.6 Å². The molecule has 4 aromatic rings. The Morgan fingerprint density at radius 2 is 1.67 bits per heavy atom. The molecule has 0 aliphatic carbocycles. The molecule has 7 nitrogen and oxygen atoms in total. The molecule has 0 atom stereocenters. The van der Waals surface area contributed by atoms with Crippen molar-refractivity contribution >= 4 is 39.6 Å². The summed E-state index contributed by atoms with van der Waals surface area (Å²) >= 11 is 2.90. The maximum absolute atomic E-state index is 12.3. The van der Waals surface area contributed by atoms with Gasteiger partial charge in [0.15, 0.2) is 11.7 Å². The minimum absolute atomic E-state index is 0.0673. The van der Waals surface area contributed by atoms with Gasteiger partial charge in [-0.2, -0.15) is 0 Å². The molecule has 2 aromatic heterocycles. The first-order chi connectivity index (χ1) is 16.0. The summed E-state index contributed by atoms with van der Waals surface area (Å²) in [5, 5.41) is 7.92. The zero-order chi connectivity index (χ0) is 23.0. The molecule has 0 aliphatic heterocycles. The van der Waals surface area contributed by atoms with Crippen LogP contribution in [0.3, 0.4) is 0 Å². The third-order valence-corrected chi connectivity index (χ3v) is 6.21. The van der Waals surface area contributed by atoms with E-state index in [2.05, 4.69) is 15.6 Å². The van der Waals surface area contributed by atoms with Crippen LogP contribution in [0, 0.1) is 0 Å². The van der Waals surface area contributed by atoms with Crippen molar-refractivity contribution in [3.63, 3.8) is 0 Å². The highest BCUT2D eigenvalue weighted by molar-refractivity contribution is 7.17. The third kappa shape index (κ3) is 6.64. The Kier molecular flexibility index (Phi) is 7.33. The first kappa shape index (κ1) is 22.5. The van der Waals surface area contributed by atoms with E-state index >= 15 is 0 Å². The van der Waals surface area contributed by atoms with Gasteiger partial charge in [-0.1, -0.05) is 18.2 Å². The SMILES string of the molecule is CC(=O)NCc1ccc(-c2csc(NC(=O)COc3ccc(Oc4ccccc4)cc3)n2)s1. The van der Waals surface area contributed by atoms with Gasteiger partial charge in [-0.15, -0.1) is 22.7 Å². The number of rotatable bonds is 9. The van der Waals surface area contributed by atoms with Crippen LogP contribution in [0.4, 0.5) is 5.13 Å². The Balaban J connectivity index is 1.26. The Hall–Kier alpha value is -3.69. The van der Waals surface area contributed by atoms with Crippen LogP contribution < -0.4 is 20.1 Å². The number of carbonyl (C=O) groups is 2. The molecule has 0 spiro atoms. The number of hydrogen-bond acceptors (Lipinski definition) is 7. The molecule has 2 aromatic carbocycles. The molecule has 0 fully saturated rings. The zero-order valence-electron chi connectivity index (χ0n) is 17.7. The molecular weight excluding hydrogens is 458 g/mol. The summed E-state index contributed by atoms with van der Waals surface area (Å²) in [7, 11) is 0. The smallest absolute Gasteiger partial charge is 0.264 e. The number of thiazole rings is 1. The molecule has 2 N–H and O–H groups in total. The molecular formula is C24H21N3O4S2. The van der Waals surface area contributed by atoms with Gasteiger partial charge in [0, 0.05) is 17.2 Å². The first-order valence-electron chi connectivity index (χ1n) is 10.1. The number of anilines is 1. The summed E-state index contributed by atoms with van der Waals surface area (Å²) in [5.74, 6) is 1.64. The van der Waals surface area contributed by atoms with Crippen LogP contribution in [0.1, 0.15) is 11.8 Å². The molecule has 0 saturated heterocycles. The van der Waals surface area contributed by atoms with Gasteiger partial charge in [0.2, 0.25) is 5.91 Å². The minimum atomic E-state index is -0.293. The van der Waals surface area contributed by atoms with Crippen molar-refractivity contribution < 1.29 is 19.1 Å². The van der Waals surface area contributed by atoms with Gasteiger partial charge < -0.3 is 14.8 Å². The lowest BCUT2D eigenvalue weighted by Gasteiger charge is -2.08. The van der Waals surface area contributed by atoms with E-state index in [0.717, 1.165) is 21.2 Å². The monoisotopic (exact) mass is 479 g/mol. The van der Waals surface area contributed by atoms with Gasteiger partial charge in [0.1, 0.15) is 17.2 Å². The molecule has 9 heteroatoms. The molecule has 0 unspecified atom stereocenters. The van der Waals surface area contributed by atoms with Crippen molar-refractivity contribution in [2.75, 3.05) is 11.9 Å². The number of thiophene rings is 1. The van der Waals surface area contributed by atoms with E-state index in [0.29, 0.717) is 23.2 Å². The quantitative estimate of drug-likeness (QED) is 0.339. The molecule has 0 radical (unpaired) electrons. The van der Waals surface area contributed by atoms with Crippen LogP contribution in [-0.2, 0) is 16.1 Å². The normalized spacial score (nSPS) is 10.5. The number of nitrogens with one attached hydrogen (secondary N) is 2. The molecule has 0 aliphatic rings. The minimum Gasteiger partial charge on any atom is -0.484 e. The molecule has 168 valence electrons. The highest BCUT2D eigenvalue weighted by Gasteiger charge is 2.11. The van der Waals surface area contributed by atoms with Crippen molar-refractivity contribution in [3.8, 4) is 27.8 Å². The Morgan fingerprint density at radius 1 is 0.939 bits per heavy atom. The number of hydrogen-bond donors (Lipinski definition) is 2. The molecule has 2 amide bonds. The van der Waals surface area contributed by atoms with E-state index in [-0.39, 0.29) is 18.4 Å². The fourth-order valence-electron chi connectivity index (χ4n) is 2.80. The lowest BCUT2D eigenvalue weighted by atomic mass is 10.3. The summed E-state index contributed by atoms with van der Waals surface area (Å²) in [5.41, 5.74) is 0.782. The van der Waals surface area contributed by atoms with Gasteiger partial charge >= 0.3 is 0 Å². The second-order valence-electron chi connectivity index (χ2n) is 6.94. The van der Waals surface area contributed by atoms with E-state index in [1.807, 2.05) is 47.8 Å². The Labute approximate surface area is 199 Å². The summed E-state index contributed by atoms with van der Waals surface area (Å²) in [6.07, 6.45) is 0. The van der Waals surface area contributed by atoms with Crippen LogP contribution in [-0.4, -0.2) is 23.4 Å². The number of amides is 2. The largest absolute Gasteiger partial charge is 0.484 e. The molecule has 2 heterocycles. The fraction of sp³-hybridized carbons (Fsp3) is 0.125. The molecule has 0 bridgehead atoms. The van der Waals surface area contributed by atoms with Gasteiger partial charge in [-0.25, -0.2) is 4.98 Å². The summed E-state index contributed by atoms with van der Waals surface area (Å²) in [6.45, 7) is 1.85. The van der Waals surface area contributed by atoms with Crippen LogP contribution in [0.2, 0.25) is 0 Å². The van der Waals surface area contributed by atoms with Crippen LogP contribution in [0.5, 0.6) is 17.2 Å².